The Balaban J connectivity index is 1.62. The predicted octanol–water partition coefficient (Wildman–Crippen LogP) is 4.23. The summed E-state index contributed by atoms with van der Waals surface area (Å²) >= 11 is 1.33. The van der Waals surface area contributed by atoms with E-state index in [-0.39, 0.29) is 12.4 Å². The number of hydrogen-bond donors (Lipinski definition) is 1. The molecule has 8 nitrogen and oxygen atoms in total. The summed E-state index contributed by atoms with van der Waals surface area (Å²) in [7, 11) is 1.50. The second kappa shape index (κ2) is 11.1. The molecule has 0 fully saturated rings. The Morgan fingerprint density at radius 3 is 2.78 bits per heavy atom. The third kappa shape index (κ3) is 6.39. The number of ether oxygens (including phenoxy) is 3. The summed E-state index contributed by atoms with van der Waals surface area (Å²) in [5.74, 6) is -0.0609. The Morgan fingerprint density at radius 1 is 1.19 bits per heavy atom. The summed E-state index contributed by atoms with van der Waals surface area (Å²) in [5.41, 5.74) is 5.61. The highest BCUT2D eigenvalue weighted by atomic mass is 32.1. The molecule has 3 aromatic rings. The molecule has 0 spiro atoms. The number of anilines is 1. The number of nitrogens with zero attached hydrogens (tertiary/aromatic N) is 2. The van der Waals surface area contributed by atoms with Crippen LogP contribution < -0.4 is 14.9 Å². The molecule has 2 aromatic carbocycles. The first-order chi connectivity index (χ1) is 15.5. The van der Waals surface area contributed by atoms with Crippen molar-refractivity contribution >= 4 is 34.6 Å². The number of thiazole rings is 1. The van der Waals surface area contributed by atoms with Crippen LogP contribution in [-0.2, 0) is 16.0 Å². The Hall–Kier alpha value is -3.72. The first-order valence-electron chi connectivity index (χ1n) is 9.84. The van der Waals surface area contributed by atoms with Crippen molar-refractivity contribution in [2.75, 3.05) is 19.1 Å². The highest BCUT2D eigenvalue weighted by Gasteiger charge is 2.13. The maximum absolute atomic E-state index is 12.4. The number of nitrogens with one attached hydrogen (secondary N) is 1. The SMILES string of the molecule is CCOC(=O)Cc1csc(NN=Cc2ccc(OC(=O)c3cccc(C)c3)c(OC)c2)n1. The zero-order chi connectivity index (χ0) is 22.9. The minimum absolute atomic E-state index is 0.121. The molecular weight excluding hydrogens is 430 g/mol. The topological polar surface area (TPSA) is 99.1 Å². The molecular formula is C23H23N3O5S. The van der Waals surface area contributed by atoms with Crippen LogP contribution in [0.3, 0.4) is 0 Å². The molecule has 0 saturated carbocycles. The monoisotopic (exact) mass is 453 g/mol. The van der Waals surface area contributed by atoms with Crippen LogP contribution in [0.2, 0.25) is 0 Å². The van der Waals surface area contributed by atoms with Gasteiger partial charge in [-0.05, 0) is 49.7 Å². The fourth-order valence-corrected chi connectivity index (χ4v) is 3.40. The summed E-state index contributed by atoms with van der Waals surface area (Å²) in [6.45, 7) is 4.01. The maximum atomic E-state index is 12.4. The van der Waals surface area contributed by atoms with Crippen LogP contribution in [0.1, 0.15) is 34.1 Å². The molecule has 1 heterocycles. The molecule has 0 amide bonds. The molecule has 0 radical (unpaired) electrons. The zero-order valence-electron chi connectivity index (χ0n) is 18.0. The Labute approximate surface area is 189 Å². The van der Waals surface area contributed by atoms with Gasteiger partial charge in [-0.1, -0.05) is 17.7 Å². The van der Waals surface area contributed by atoms with Crippen LogP contribution in [-0.4, -0.2) is 36.9 Å². The third-order valence-corrected chi connectivity index (χ3v) is 5.00. The van der Waals surface area contributed by atoms with E-state index in [1.165, 1.54) is 18.4 Å². The minimum atomic E-state index is -0.461. The Kier molecular flexibility index (Phi) is 7.93. The van der Waals surface area contributed by atoms with Crippen LogP contribution in [0, 0.1) is 6.92 Å². The number of aromatic nitrogens is 1. The summed E-state index contributed by atoms with van der Waals surface area (Å²) in [5, 5.41) is 6.48. The number of hydrogen-bond acceptors (Lipinski definition) is 9. The van der Waals surface area contributed by atoms with Gasteiger partial charge < -0.3 is 14.2 Å². The number of benzene rings is 2. The highest BCUT2D eigenvalue weighted by Crippen LogP contribution is 2.28. The number of carbonyl (C=O) groups excluding carboxylic acids is 2. The Bertz CT molecular complexity index is 1130. The molecule has 0 aliphatic rings. The number of rotatable bonds is 9. The average molecular weight is 454 g/mol. The van der Waals surface area contributed by atoms with E-state index < -0.39 is 5.97 Å². The van der Waals surface area contributed by atoms with Crippen LogP contribution in [0.5, 0.6) is 11.5 Å². The van der Waals surface area contributed by atoms with Gasteiger partial charge >= 0.3 is 11.9 Å². The van der Waals surface area contributed by atoms with Crippen molar-refractivity contribution in [2.45, 2.75) is 20.3 Å². The van der Waals surface area contributed by atoms with Gasteiger partial charge in [0.2, 0.25) is 5.13 Å². The molecule has 0 unspecified atom stereocenters. The van der Waals surface area contributed by atoms with Crippen molar-refractivity contribution in [2.24, 2.45) is 5.10 Å². The molecule has 0 aliphatic carbocycles. The first-order valence-corrected chi connectivity index (χ1v) is 10.7. The number of carbonyl (C=O) groups is 2. The Morgan fingerprint density at radius 2 is 2.03 bits per heavy atom. The van der Waals surface area contributed by atoms with Gasteiger partial charge in [0.1, 0.15) is 0 Å². The van der Waals surface area contributed by atoms with Gasteiger partial charge in [0.05, 0.1) is 37.6 Å². The summed E-state index contributed by atoms with van der Waals surface area (Å²) in [6.07, 6.45) is 1.71. The highest BCUT2D eigenvalue weighted by molar-refractivity contribution is 7.13. The van der Waals surface area contributed by atoms with E-state index in [0.29, 0.717) is 34.5 Å². The molecule has 1 aromatic heterocycles. The third-order valence-electron chi connectivity index (χ3n) is 4.20. The van der Waals surface area contributed by atoms with Gasteiger partial charge in [0.25, 0.3) is 0 Å². The summed E-state index contributed by atoms with van der Waals surface area (Å²) in [6, 6.07) is 12.3. The van der Waals surface area contributed by atoms with Crippen molar-refractivity contribution in [1.29, 1.82) is 0 Å². The predicted molar refractivity (Wildman–Crippen MR) is 123 cm³/mol. The van der Waals surface area contributed by atoms with Crippen LogP contribution in [0.15, 0.2) is 52.9 Å². The molecule has 166 valence electrons. The molecule has 9 heteroatoms. The lowest BCUT2D eigenvalue weighted by atomic mass is 10.1. The van der Waals surface area contributed by atoms with E-state index in [1.807, 2.05) is 13.0 Å². The van der Waals surface area contributed by atoms with Gasteiger partial charge in [-0.15, -0.1) is 11.3 Å². The van der Waals surface area contributed by atoms with Gasteiger partial charge in [0.15, 0.2) is 11.5 Å². The fourth-order valence-electron chi connectivity index (χ4n) is 2.74. The lowest BCUT2D eigenvalue weighted by Crippen LogP contribution is -2.09. The van der Waals surface area contributed by atoms with Crippen LogP contribution >= 0.6 is 11.3 Å². The van der Waals surface area contributed by atoms with Crippen molar-refractivity contribution in [3.05, 3.63) is 70.2 Å². The average Bonchev–Trinajstić information content (AvgIpc) is 3.21. The lowest BCUT2D eigenvalue weighted by molar-refractivity contribution is -0.142. The van der Waals surface area contributed by atoms with Gasteiger partial charge in [0, 0.05) is 5.38 Å². The second-order valence-electron chi connectivity index (χ2n) is 6.67. The smallest absolute Gasteiger partial charge is 0.343 e. The zero-order valence-corrected chi connectivity index (χ0v) is 18.8. The van der Waals surface area contributed by atoms with Crippen molar-refractivity contribution in [1.82, 2.24) is 4.98 Å². The standard InChI is InChI=1S/C23H23N3O5S/c1-4-30-21(27)12-18-14-32-23(25-18)26-24-13-16-8-9-19(20(11-16)29-3)31-22(28)17-7-5-6-15(2)10-17/h5-11,13-14H,4,12H2,1-3H3,(H,25,26). The molecule has 3 rings (SSSR count). The minimum Gasteiger partial charge on any atom is -0.493 e. The second-order valence-corrected chi connectivity index (χ2v) is 7.52. The van der Waals surface area contributed by atoms with E-state index in [1.54, 1.807) is 54.9 Å². The summed E-state index contributed by atoms with van der Waals surface area (Å²) < 4.78 is 15.8. The molecule has 1 N–H and O–H groups in total. The van der Waals surface area contributed by atoms with E-state index in [4.69, 9.17) is 14.2 Å². The van der Waals surface area contributed by atoms with E-state index in [0.717, 1.165) is 11.1 Å². The quantitative estimate of drug-likeness (QED) is 0.224. The fraction of sp³-hybridized carbons (Fsp3) is 0.217. The number of hydrazone groups is 1. The van der Waals surface area contributed by atoms with Crippen molar-refractivity contribution in [3.8, 4) is 11.5 Å². The molecule has 0 atom stereocenters. The van der Waals surface area contributed by atoms with E-state index in [9.17, 15) is 9.59 Å². The van der Waals surface area contributed by atoms with Crippen molar-refractivity contribution < 1.29 is 23.8 Å². The number of methoxy groups -OCH3 is 1. The molecule has 0 bridgehead atoms. The van der Waals surface area contributed by atoms with Gasteiger partial charge in [-0.2, -0.15) is 5.10 Å². The van der Waals surface area contributed by atoms with Gasteiger partial charge in [-0.3, -0.25) is 10.2 Å². The lowest BCUT2D eigenvalue weighted by Gasteiger charge is -2.10. The summed E-state index contributed by atoms with van der Waals surface area (Å²) in [4.78, 5) is 28.2. The molecule has 0 saturated heterocycles. The van der Waals surface area contributed by atoms with Gasteiger partial charge in [-0.25, -0.2) is 9.78 Å². The number of esters is 2. The number of aryl methyl sites for hydroxylation is 1. The first kappa shape index (κ1) is 23.0. The van der Waals surface area contributed by atoms with Crippen LogP contribution in [0.4, 0.5) is 5.13 Å². The normalized spacial score (nSPS) is 10.7. The molecule has 0 aliphatic heterocycles. The van der Waals surface area contributed by atoms with Crippen molar-refractivity contribution in [3.63, 3.8) is 0 Å². The van der Waals surface area contributed by atoms with E-state index in [2.05, 4.69) is 15.5 Å². The molecule has 32 heavy (non-hydrogen) atoms. The van der Waals surface area contributed by atoms with E-state index >= 15 is 0 Å². The maximum Gasteiger partial charge on any atom is 0.343 e. The largest absolute Gasteiger partial charge is 0.493 e. The van der Waals surface area contributed by atoms with Crippen LogP contribution in [0.25, 0.3) is 0 Å².